The lowest BCUT2D eigenvalue weighted by molar-refractivity contribution is 0.0172. The smallest absolute Gasteiger partial charge is 0.105 e. The van der Waals surface area contributed by atoms with Crippen LogP contribution in [0.3, 0.4) is 0 Å². The summed E-state index contributed by atoms with van der Waals surface area (Å²) >= 11 is 0. The van der Waals surface area contributed by atoms with Crippen molar-refractivity contribution in [2.24, 2.45) is 0 Å². The van der Waals surface area contributed by atoms with Crippen LogP contribution in [0.4, 0.5) is 0 Å². The van der Waals surface area contributed by atoms with Crippen LogP contribution in [-0.2, 0) is 9.47 Å². The summed E-state index contributed by atoms with van der Waals surface area (Å²) in [5.74, 6) is 0. The first-order valence-electron chi connectivity index (χ1n) is 9.02. The first-order valence-corrected chi connectivity index (χ1v) is 9.02. The maximum Gasteiger partial charge on any atom is 0.105 e. The van der Waals surface area contributed by atoms with Crippen LogP contribution in [-0.4, -0.2) is 11.2 Å². The van der Waals surface area contributed by atoms with E-state index in [2.05, 4.69) is 40.9 Å². The van der Waals surface area contributed by atoms with Gasteiger partial charge in [0.25, 0.3) is 0 Å². The minimum absolute atomic E-state index is 0.0286. The third kappa shape index (κ3) is 9.17. The van der Waals surface area contributed by atoms with Gasteiger partial charge in [-0.05, 0) is 52.4 Å². The summed E-state index contributed by atoms with van der Waals surface area (Å²) in [7, 11) is 0. The summed E-state index contributed by atoms with van der Waals surface area (Å²) in [5, 5.41) is 0. The zero-order valence-corrected chi connectivity index (χ0v) is 15.5. The van der Waals surface area contributed by atoms with Crippen LogP contribution in [0.15, 0.2) is 25.7 Å². The van der Waals surface area contributed by atoms with E-state index in [0.717, 1.165) is 38.5 Å². The molecule has 22 heavy (non-hydrogen) atoms. The minimum atomic E-state index is -0.0286. The van der Waals surface area contributed by atoms with Crippen LogP contribution in [0.25, 0.3) is 0 Å². The first-order chi connectivity index (χ1) is 10.4. The predicted octanol–water partition coefficient (Wildman–Crippen LogP) is 6.76. The Morgan fingerprint density at radius 1 is 0.682 bits per heavy atom. The maximum absolute atomic E-state index is 5.73. The van der Waals surface area contributed by atoms with Crippen molar-refractivity contribution in [1.82, 2.24) is 0 Å². The van der Waals surface area contributed by atoms with Gasteiger partial charge in [-0.1, -0.05) is 52.7 Å². The second kappa shape index (κ2) is 11.6. The minimum Gasteiger partial charge on any atom is -0.496 e. The molecule has 2 unspecified atom stereocenters. The van der Waals surface area contributed by atoms with E-state index >= 15 is 0 Å². The summed E-state index contributed by atoms with van der Waals surface area (Å²) in [4.78, 5) is 0. The highest BCUT2D eigenvalue weighted by Gasteiger charge is 2.24. The molecule has 0 amide bonds. The fourth-order valence-corrected chi connectivity index (χ4v) is 3.30. The van der Waals surface area contributed by atoms with Gasteiger partial charge < -0.3 is 9.47 Å². The molecule has 0 saturated carbocycles. The van der Waals surface area contributed by atoms with Crippen LogP contribution >= 0.6 is 0 Å². The van der Waals surface area contributed by atoms with Gasteiger partial charge >= 0.3 is 0 Å². The summed E-state index contributed by atoms with van der Waals surface area (Å²) in [5.41, 5.74) is -0.0572. The monoisotopic (exact) mass is 310 g/mol. The Kier molecular flexibility index (Phi) is 11.1. The van der Waals surface area contributed by atoms with E-state index < -0.39 is 0 Å². The summed E-state index contributed by atoms with van der Waals surface area (Å²) in [6.07, 6.45) is 14.9. The average Bonchev–Trinajstić information content (AvgIpc) is 2.44. The van der Waals surface area contributed by atoms with Gasteiger partial charge in [0, 0.05) is 0 Å². The number of unbranched alkanes of at least 4 members (excludes halogenated alkanes) is 3. The van der Waals surface area contributed by atoms with Gasteiger partial charge in [0.1, 0.15) is 11.2 Å². The summed E-state index contributed by atoms with van der Waals surface area (Å²) in [6.45, 7) is 16.2. The van der Waals surface area contributed by atoms with Gasteiger partial charge in [-0.15, -0.1) is 0 Å². The van der Waals surface area contributed by atoms with E-state index in [9.17, 15) is 0 Å². The normalized spacial score (nSPS) is 16.4. The number of hydrogen-bond acceptors (Lipinski definition) is 2. The Bertz CT molecular complexity index is 270. The van der Waals surface area contributed by atoms with Crippen LogP contribution in [0, 0.1) is 0 Å². The number of rotatable bonds is 15. The van der Waals surface area contributed by atoms with E-state index in [4.69, 9.17) is 9.47 Å². The van der Waals surface area contributed by atoms with Crippen LogP contribution in [0.1, 0.15) is 91.9 Å². The van der Waals surface area contributed by atoms with Gasteiger partial charge in [-0.3, -0.25) is 0 Å². The van der Waals surface area contributed by atoms with E-state index in [1.807, 2.05) is 0 Å². The molecule has 2 nitrogen and oxygen atoms in total. The molecule has 0 radical (unpaired) electrons. The molecule has 0 aromatic carbocycles. The lowest BCUT2D eigenvalue weighted by atomic mass is 9.91. The van der Waals surface area contributed by atoms with Crippen molar-refractivity contribution in [3.8, 4) is 0 Å². The fourth-order valence-electron chi connectivity index (χ4n) is 3.30. The Morgan fingerprint density at radius 3 is 1.32 bits per heavy atom. The molecular formula is C20H38O2. The fraction of sp³-hybridized carbons (Fsp3) is 0.800. The Balaban J connectivity index is 3.96. The molecule has 0 fully saturated rings. The molecule has 2 atom stereocenters. The van der Waals surface area contributed by atoms with Crippen molar-refractivity contribution in [3.63, 3.8) is 0 Å². The molecule has 0 aliphatic rings. The molecule has 0 rings (SSSR count). The molecule has 0 N–H and O–H groups in total. The van der Waals surface area contributed by atoms with Crippen molar-refractivity contribution < 1.29 is 9.47 Å². The van der Waals surface area contributed by atoms with Crippen molar-refractivity contribution in [1.29, 1.82) is 0 Å². The molecular weight excluding hydrogens is 272 g/mol. The molecule has 0 aliphatic heterocycles. The van der Waals surface area contributed by atoms with Gasteiger partial charge in [-0.25, -0.2) is 0 Å². The van der Waals surface area contributed by atoms with Gasteiger partial charge in [0.05, 0.1) is 12.5 Å². The summed E-state index contributed by atoms with van der Waals surface area (Å²) in [6, 6.07) is 0. The van der Waals surface area contributed by atoms with Crippen LogP contribution in [0.2, 0.25) is 0 Å². The molecule has 0 bridgehead atoms. The molecule has 0 spiro atoms. The van der Waals surface area contributed by atoms with Gasteiger partial charge in [0.15, 0.2) is 0 Å². The zero-order valence-electron chi connectivity index (χ0n) is 15.5. The predicted molar refractivity (Wildman–Crippen MR) is 96.9 cm³/mol. The van der Waals surface area contributed by atoms with E-state index in [1.165, 1.54) is 25.7 Å². The SMILES string of the molecule is C=COC(C)(CCC)CCCCCCC(C)(CCC)OC=C. The van der Waals surface area contributed by atoms with E-state index in [0.29, 0.717) is 0 Å². The largest absolute Gasteiger partial charge is 0.496 e. The zero-order chi connectivity index (χ0) is 16.9. The van der Waals surface area contributed by atoms with Crippen molar-refractivity contribution in [2.75, 3.05) is 0 Å². The first kappa shape index (κ1) is 21.1. The topological polar surface area (TPSA) is 18.5 Å². The Hall–Kier alpha value is -0.920. The Labute approximate surface area is 139 Å². The highest BCUT2D eigenvalue weighted by molar-refractivity contribution is 4.79. The number of hydrogen-bond donors (Lipinski definition) is 0. The van der Waals surface area contributed by atoms with E-state index in [-0.39, 0.29) is 11.2 Å². The lowest BCUT2D eigenvalue weighted by Gasteiger charge is -2.29. The summed E-state index contributed by atoms with van der Waals surface area (Å²) < 4.78 is 11.5. The lowest BCUT2D eigenvalue weighted by Crippen LogP contribution is -2.26. The molecule has 0 heterocycles. The third-order valence-corrected chi connectivity index (χ3v) is 4.45. The molecule has 0 aromatic rings. The van der Waals surface area contributed by atoms with Crippen LogP contribution < -0.4 is 0 Å². The van der Waals surface area contributed by atoms with E-state index in [1.54, 1.807) is 12.5 Å². The third-order valence-electron chi connectivity index (χ3n) is 4.45. The second-order valence-electron chi connectivity index (χ2n) is 6.88. The molecule has 0 aliphatic carbocycles. The molecule has 130 valence electrons. The second-order valence-corrected chi connectivity index (χ2v) is 6.88. The Morgan fingerprint density at radius 2 is 1.05 bits per heavy atom. The molecule has 0 aromatic heterocycles. The maximum atomic E-state index is 5.73. The van der Waals surface area contributed by atoms with Gasteiger partial charge in [0.2, 0.25) is 0 Å². The quantitative estimate of drug-likeness (QED) is 0.245. The highest BCUT2D eigenvalue weighted by Crippen LogP contribution is 2.27. The van der Waals surface area contributed by atoms with Crippen LogP contribution in [0.5, 0.6) is 0 Å². The van der Waals surface area contributed by atoms with Crippen molar-refractivity contribution >= 4 is 0 Å². The standard InChI is InChI=1S/C20H38O2/c1-7-15-19(5,21-9-3)17-13-11-12-14-18-20(6,16-8-2)22-10-4/h9-10H,3-4,7-8,11-18H2,1-2,5-6H3. The average molecular weight is 311 g/mol. The van der Waals surface area contributed by atoms with Gasteiger partial charge in [-0.2, -0.15) is 0 Å². The highest BCUT2D eigenvalue weighted by atomic mass is 16.5. The number of ether oxygens (including phenoxy) is 2. The molecule has 2 heteroatoms. The van der Waals surface area contributed by atoms with Crippen molar-refractivity contribution in [2.45, 2.75) is 103 Å². The van der Waals surface area contributed by atoms with Crippen molar-refractivity contribution in [3.05, 3.63) is 25.7 Å². The molecule has 0 saturated heterocycles.